The molecule has 4 heterocycles. The number of rotatable bonds is 4. The molecule has 1 saturated heterocycles. The summed E-state index contributed by atoms with van der Waals surface area (Å²) in [6.07, 6.45) is -1.23. The van der Waals surface area contributed by atoms with Crippen LogP contribution in [0, 0.1) is 0 Å². The first-order chi connectivity index (χ1) is 18.3. The number of aromatic nitrogens is 4. The van der Waals surface area contributed by atoms with Gasteiger partial charge in [0.1, 0.15) is 0 Å². The molecule has 38 heavy (non-hydrogen) atoms. The highest BCUT2D eigenvalue weighted by Crippen LogP contribution is 2.41. The number of pyridine rings is 1. The Morgan fingerprint density at radius 1 is 1.11 bits per heavy atom. The second-order valence-corrected chi connectivity index (χ2v) is 9.35. The number of halogens is 3. The predicted octanol–water partition coefficient (Wildman–Crippen LogP) is 5.54. The third-order valence-corrected chi connectivity index (χ3v) is 6.98. The average molecular weight is 520 g/mol. The number of urea groups is 1. The number of anilines is 3. The van der Waals surface area contributed by atoms with Crippen LogP contribution in [0.4, 0.5) is 35.2 Å². The zero-order chi connectivity index (χ0) is 26.4. The van der Waals surface area contributed by atoms with Crippen LogP contribution in [0.15, 0.2) is 66.9 Å². The topological polar surface area (TPSA) is 79.2 Å². The summed E-state index contributed by atoms with van der Waals surface area (Å²) >= 11 is 0. The molecule has 11 heteroatoms. The minimum atomic E-state index is -4.46. The van der Waals surface area contributed by atoms with E-state index >= 15 is 0 Å². The average Bonchev–Trinajstić information content (AvgIpc) is 3.56. The standard InChI is InChI=1S/C27H24F3N7O/c1-2-20-15-31-34-37(20)21-8-4-7-19(14-21)32-26(38)36-22-11-12-35(16-22)24-10-9-23(33-25(24)36)17-5-3-6-18(13-17)27(28,29)30/h3-10,13-15,22H,2,11-12,16H2,1H3,(H,32,38)/t22-/m0/s1. The Balaban J connectivity index is 1.33. The van der Waals surface area contributed by atoms with E-state index in [1.54, 1.807) is 34.0 Å². The largest absolute Gasteiger partial charge is 0.416 e. The second-order valence-electron chi connectivity index (χ2n) is 9.35. The van der Waals surface area contributed by atoms with Gasteiger partial charge in [0, 0.05) is 24.3 Å². The molecule has 2 amide bonds. The Kier molecular flexibility index (Phi) is 5.77. The molecule has 0 spiro atoms. The molecule has 2 aliphatic heterocycles. The molecular weight excluding hydrogens is 495 g/mol. The maximum atomic E-state index is 13.6. The molecule has 0 radical (unpaired) electrons. The molecule has 0 saturated carbocycles. The lowest BCUT2D eigenvalue weighted by Gasteiger charge is -2.36. The van der Waals surface area contributed by atoms with Gasteiger partial charge in [-0.2, -0.15) is 13.2 Å². The van der Waals surface area contributed by atoms with Crippen molar-refractivity contribution in [3.8, 4) is 16.9 Å². The van der Waals surface area contributed by atoms with Crippen LogP contribution in [0.5, 0.6) is 0 Å². The summed E-state index contributed by atoms with van der Waals surface area (Å²) in [5.41, 5.74) is 3.05. The van der Waals surface area contributed by atoms with E-state index in [1.165, 1.54) is 6.07 Å². The van der Waals surface area contributed by atoms with E-state index in [0.717, 1.165) is 48.6 Å². The number of nitrogens with one attached hydrogen (secondary N) is 1. The number of nitrogens with zero attached hydrogens (tertiary/aromatic N) is 6. The van der Waals surface area contributed by atoms with Crippen LogP contribution in [-0.2, 0) is 12.6 Å². The zero-order valence-electron chi connectivity index (χ0n) is 20.5. The normalized spacial score (nSPS) is 16.5. The second kappa shape index (κ2) is 9.16. The molecule has 1 fully saturated rings. The molecule has 8 nitrogen and oxygen atoms in total. The first-order valence-electron chi connectivity index (χ1n) is 12.4. The van der Waals surface area contributed by atoms with E-state index in [1.807, 2.05) is 31.2 Å². The number of carbonyl (C=O) groups is 1. The highest BCUT2D eigenvalue weighted by molar-refractivity contribution is 6.05. The van der Waals surface area contributed by atoms with Gasteiger partial charge in [-0.05, 0) is 55.3 Å². The third-order valence-electron chi connectivity index (χ3n) is 6.98. The molecule has 0 aliphatic carbocycles. The van der Waals surface area contributed by atoms with E-state index in [2.05, 4.69) is 20.5 Å². The first-order valence-corrected chi connectivity index (χ1v) is 12.4. The van der Waals surface area contributed by atoms with Gasteiger partial charge in [0.05, 0.1) is 40.6 Å². The first kappa shape index (κ1) is 24.0. The fourth-order valence-electron chi connectivity index (χ4n) is 5.10. The van der Waals surface area contributed by atoms with Gasteiger partial charge in [-0.3, -0.25) is 4.90 Å². The molecule has 1 atom stereocenters. The number of hydrogen-bond acceptors (Lipinski definition) is 5. The van der Waals surface area contributed by atoms with Crippen molar-refractivity contribution in [2.45, 2.75) is 32.0 Å². The van der Waals surface area contributed by atoms with Gasteiger partial charge in [-0.15, -0.1) is 5.10 Å². The molecule has 2 aromatic carbocycles. The number of aryl methyl sites for hydroxylation is 1. The zero-order valence-corrected chi connectivity index (χ0v) is 20.5. The van der Waals surface area contributed by atoms with Crippen molar-refractivity contribution in [2.24, 2.45) is 0 Å². The number of benzene rings is 2. The van der Waals surface area contributed by atoms with Gasteiger partial charge in [0.15, 0.2) is 5.82 Å². The van der Waals surface area contributed by atoms with E-state index in [-0.39, 0.29) is 12.1 Å². The van der Waals surface area contributed by atoms with Gasteiger partial charge in [-0.1, -0.05) is 30.3 Å². The van der Waals surface area contributed by atoms with Crippen molar-refractivity contribution >= 4 is 23.2 Å². The molecule has 194 valence electrons. The summed E-state index contributed by atoms with van der Waals surface area (Å²) < 4.78 is 41.6. The molecule has 6 rings (SSSR count). The van der Waals surface area contributed by atoms with Crippen LogP contribution in [0.25, 0.3) is 16.9 Å². The van der Waals surface area contributed by atoms with Crippen molar-refractivity contribution in [1.82, 2.24) is 20.0 Å². The van der Waals surface area contributed by atoms with Crippen molar-refractivity contribution in [1.29, 1.82) is 0 Å². The molecule has 0 unspecified atom stereocenters. The van der Waals surface area contributed by atoms with Crippen molar-refractivity contribution in [3.63, 3.8) is 0 Å². The van der Waals surface area contributed by atoms with Crippen LogP contribution in [0.3, 0.4) is 0 Å². The molecule has 4 aromatic rings. The minimum absolute atomic E-state index is 0.100. The number of carbonyl (C=O) groups excluding carboxylic acids is 1. The van der Waals surface area contributed by atoms with Crippen LogP contribution in [0.2, 0.25) is 0 Å². The van der Waals surface area contributed by atoms with E-state index in [0.29, 0.717) is 29.3 Å². The fraction of sp³-hybridized carbons (Fsp3) is 0.259. The lowest BCUT2D eigenvalue weighted by atomic mass is 10.1. The van der Waals surface area contributed by atoms with Crippen molar-refractivity contribution < 1.29 is 18.0 Å². The van der Waals surface area contributed by atoms with Crippen molar-refractivity contribution in [2.75, 3.05) is 28.2 Å². The van der Waals surface area contributed by atoms with E-state index in [4.69, 9.17) is 4.98 Å². The summed E-state index contributed by atoms with van der Waals surface area (Å²) in [4.78, 5) is 22.1. The number of fused-ring (bicyclic) bond motifs is 4. The van der Waals surface area contributed by atoms with Gasteiger partial charge in [0.25, 0.3) is 0 Å². The third kappa shape index (κ3) is 4.23. The number of alkyl halides is 3. The lowest BCUT2D eigenvalue weighted by molar-refractivity contribution is -0.137. The van der Waals surface area contributed by atoms with E-state index < -0.39 is 11.7 Å². The van der Waals surface area contributed by atoms with Crippen LogP contribution < -0.4 is 15.1 Å². The predicted molar refractivity (Wildman–Crippen MR) is 138 cm³/mol. The lowest BCUT2D eigenvalue weighted by Crippen LogP contribution is -2.48. The Morgan fingerprint density at radius 2 is 1.95 bits per heavy atom. The highest BCUT2D eigenvalue weighted by Gasteiger charge is 2.40. The van der Waals surface area contributed by atoms with Gasteiger partial charge < -0.3 is 10.2 Å². The highest BCUT2D eigenvalue weighted by atomic mass is 19.4. The van der Waals surface area contributed by atoms with Gasteiger partial charge >= 0.3 is 12.2 Å². The summed E-state index contributed by atoms with van der Waals surface area (Å²) in [5.74, 6) is 0.437. The molecule has 2 aromatic heterocycles. The quantitative estimate of drug-likeness (QED) is 0.383. The Labute approximate surface area is 216 Å². The van der Waals surface area contributed by atoms with Crippen LogP contribution in [-0.4, -0.2) is 45.1 Å². The fourth-order valence-corrected chi connectivity index (χ4v) is 5.10. The Bertz CT molecular complexity index is 1520. The monoisotopic (exact) mass is 519 g/mol. The molecule has 2 bridgehead atoms. The van der Waals surface area contributed by atoms with Gasteiger partial charge in [0.2, 0.25) is 0 Å². The van der Waals surface area contributed by atoms with E-state index in [9.17, 15) is 18.0 Å². The Morgan fingerprint density at radius 3 is 2.76 bits per heavy atom. The minimum Gasteiger partial charge on any atom is -0.366 e. The summed E-state index contributed by atoms with van der Waals surface area (Å²) in [6, 6.07) is 15.5. The van der Waals surface area contributed by atoms with Crippen LogP contribution in [0.1, 0.15) is 24.6 Å². The molecule has 1 N–H and O–H groups in total. The molecule has 2 aliphatic rings. The maximum Gasteiger partial charge on any atom is 0.416 e. The summed E-state index contributed by atoms with van der Waals surface area (Å²) in [7, 11) is 0. The summed E-state index contributed by atoms with van der Waals surface area (Å²) in [5, 5.41) is 11.1. The number of hydrogen-bond donors (Lipinski definition) is 1. The Hall–Kier alpha value is -4.41. The SMILES string of the molecule is CCc1cnnn1-c1cccc(NC(=O)N2c3nc(-c4cccc(C(F)(F)F)c4)ccc3N3CC[C@H]2C3)c1. The smallest absolute Gasteiger partial charge is 0.366 e. The van der Waals surface area contributed by atoms with Crippen molar-refractivity contribution in [3.05, 3.63) is 78.1 Å². The van der Waals surface area contributed by atoms with Crippen LogP contribution >= 0.6 is 0 Å². The molecular formula is C27H24F3N7O. The summed E-state index contributed by atoms with van der Waals surface area (Å²) in [6.45, 7) is 3.46. The van der Waals surface area contributed by atoms with Gasteiger partial charge in [-0.25, -0.2) is 14.5 Å². The number of amides is 2. The maximum absolute atomic E-state index is 13.6.